The summed E-state index contributed by atoms with van der Waals surface area (Å²) in [5, 5.41) is 3.45. The summed E-state index contributed by atoms with van der Waals surface area (Å²) in [5.41, 5.74) is 6.79. The molecule has 5 nitrogen and oxygen atoms in total. The molecular formula is C15H26N2O3. The molecule has 0 heterocycles. The lowest BCUT2D eigenvalue weighted by molar-refractivity contribution is 0.345. The normalized spacial score (nSPS) is 12.3. The lowest BCUT2D eigenvalue weighted by Crippen LogP contribution is -2.39. The molecule has 0 saturated carbocycles. The van der Waals surface area contributed by atoms with E-state index < -0.39 is 0 Å². The summed E-state index contributed by atoms with van der Waals surface area (Å²) >= 11 is 0. The Morgan fingerprint density at radius 2 is 1.55 bits per heavy atom. The number of hydrogen-bond acceptors (Lipinski definition) is 5. The second-order valence-corrected chi connectivity index (χ2v) is 4.99. The molecule has 0 amide bonds. The predicted octanol–water partition coefficient (Wildman–Crippen LogP) is 1.79. The minimum atomic E-state index is 0.271. The third-order valence-corrected chi connectivity index (χ3v) is 3.40. The highest BCUT2D eigenvalue weighted by molar-refractivity contribution is 5.50. The van der Waals surface area contributed by atoms with Gasteiger partial charge in [0.25, 0.3) is 0 Å². The van der Waals surface area contributed by atoms with Crippen LogP contribution in [0.2, 0.25) is 0 Å². The Morgan fingerprint density at radius 3 is 2.00 bits per heavy atom. The van der Waals surface area contributed by atoms with Gasteiger partial charge in [0.2, 0.25) is 0 Å². The average Bonchev–Trinajstić information content (AvgIpc) is 2.46. The van der Waals surface area contributed by atoms with Gasteiger partial charge in [0.1, 0.15) is 5.75 Å². The van der Waals surface area contributed by atoms with Crippen molar-refractivity contribution in [2.24, 2.45) is 11.7 Å². The maximum atomic E-state index is 5.77. The van der Waals surface area contributed by atoms with Crippen molar-refractivity contribution in [3.63, 3.8) is 0 Å². The summed E-state index contributed by atoms with van der Waals surface area (Å²) in [5.74, 6) is 2.60. The number of hydrogen-bond donors (Lipinski definition) is 2. The van der Waals surface area contributed by atoms with Crippen molar-refractivity contribution < 1.29 is 14.2 Å². The van der Waals surface area contributed by atoms with Gasteiger partial charge in [0.05, 0.1) is 21.3 Å². The van der Waals surface area contributed by atoms with E-state index in [2.05, 4.69) is 19.2 Å². The minimum absolute atomic E-state index is 0.271. The Labute approximate surface area is 121 Å². The van der Waals surface area contributed by atoms with Crippen LogP contribution in [-0.2, 0) is 6.54 Å². The van der Waals surface area contributed by atoms with E-state index in [0.29, 0.717) is 30.5 Å². The molecule has 0 saturated heterocycles. The van der Waals surface area contributed by atoms with Crippen molar-refractivity contribution in [3.05, 3.63) is 17.7 Å². The highest BCUT2D eigenvalue weighted by Crippen LogP contribution is 2.34. The summed E-state index contributed by atoms with van der Waals surface area (Å²) in [6.45, 7) is 5.57. The van der Waals surface area contributed by atoms with Gasteiger partial charge in [0, 0.05) is 30.8 Å². The molecule has 5 heteroatoms. The first-order valence-electron chi connectivity index (χ1n) is 6.79. The quantitative estimate of drug-likeness (QED) is 0.761. The van der Waals surface area contributed by atoms with E-state index in [1.165, 1.54) is 0 Å². The largest absolute Gasteiger partial charge is 0.496 e. The molecule has 0 aliphatic carbocycles. The lowest BCUT2D eigenvalue weighted by atomic mass is 10.0. The summed E-state index contributed by atoms with van der Waals surface area (Å²) in [6, 6.07) is 4.04. The smallest absolute Gasteiger partial charge is 0.164 e. The summed E-state index contributed by atoms with van der Waals surface area (Å²) < 4.78 is 16.0. The van der Waals surface area contributed by atoms with Crippen LogP contribution in [0.3, 0.4) is 0 Å². The standard InChI is InChI=1S/C15H26N2O3/c1-10(2)12(8-16)17-9-11-6-14(19-4)15(20-5)7-13(11)18-3/h6-7,10,12,17H,8-9,16H2,1-5H3. The van der Waals surface area contributed by atoms with Gasteiger partial charge in [0.15, 0.2) is 11.5 Å². The van der Waals surface area contributed by atoms with Crippen LogP contribution >= 0.6 is 0 Å². The topological polar surface area (TPSA) is 65.7 Å². The fourth-order valence-corrected chi connectivity index (χ4v) is 2.06. The van der Waals surface area contributed by atoms with Gasteiger partial charge in [-0.3, -0.25) is 0 Å². The van der Waals surface area contributed by atoms with Crippen molar-refractivity contribution >= 4 is 0 Å². The van der Waals surface area contributed by atoms with E-state index in [9.17, 15) is 0 Å². The van der Waals surface area contributed by atoms with E-state index in [1.807, 2.05) is 12.1 Å². The van der Waals surface area contributed by atoms with Crippen molar-refractivity contribution in [1.82, 2.24) is 5.32 Å². The Hall–Kier alpha value is -1.46. The van der Waals surface area contributed by atoms with Gasteiger partial charge in [-0.15, -0.1) is 0 Å². The second-order valence-electron chi connectivity index (χ2n) is 4.99. The molecule has 0 radical (unpaired) electrons. The first-order chi connectivity index (χ1) is 9.57. The van der Waals surface area contributed by atoms with Crippen molar-refractivity contribution in [3.8, 4) is 17.2 Å². The van der Waals surface area contributed by atoms with E-state index in [-0.39, 0.29) is 6.04 Å². The fourth-order valence-electron chi connectivity index (χ4n) is 2.06. The number of methoxy groups -OCH3 is 3. The number of rotatable bonds is 8. The molecule has 20 heavy (non-hydrogen) atoms. The predicted molar refractivity (Wildman–Crippen MR) is 80.6 cm³/mol. The Morgan fingerprint density at radius 1 is 1.00 bits per heavy atom. The van der Waals surface area contributed by atoms with E-state index in [1.54, 1.807) is 21.3 Å². The first-order valence-corrected chi connectivity index (χ1v) is 6.79. The molecule has 0 bridgehead atoms. The average molecular weight is 282 g/mol. The number of benzene rings is 1. The second kappa shape index (κ2) is 7.97. The molecule has 114 valence electrons. The van der Waals surface area contributed by atoms with Gasteiger partial charge < -0.3 is 25.3 Å². The third-order valence-electron chi connectivity index (χ3n) is 3.40. The van der Waals surface area contributed by atoms with Crippen LogP contribution in [0.25, 0.3) is 0 Å². The molecular weight excluding hydrogens is 256 g/mol. The lowest BCUT2D eigenvalue weighted by Gasteiger charge is -2.22. The molecule has 0 aliphatic heterocycles. The van der Waals surface area contributed by atoms with Gasteiger partial charge in [-0.1, -0.05) is 13.8 Å². The maximum absolute atomic E-state index is 5.77. The Balaban J connectivity index is 2.93. The molecule has 0 aromatic heterocycles. The van der Waals surface area contributed by atoms with E-state index in [4.69, 9.17) is 19.9 Å². The van der Waals surface area contributed by atoms with Gasteiger partial charge in [-0.25, -0.2) is 0 Å². The molecule has 0 fully saturated rings. The summed E-state index contributed by atoms with van der Waals surface area (Å²) in [6.07, 6.45) is 0. The minimum Gasteiger partial charge on any atom is -0.496 e. The van der Waals surface area contributed by atoms with Crippen molar-refractivity contribution in [2.75, 3.05) is 27.9 Å². The highest BCUT2D eigenvalue weighted by atomic mass is 16.5. The zero-order chi connectivity index (χ0) is 15.1. The van der Waals surface area contributed by atoms with E-state index >= 15 is 0 Å². The fraction of sp³-hybridized carbons (Fsp3) is 0.600. The SMILES string of the molecule is COc1cc(OC)c(OC)cc1CNC(CN)C(C)C. The van der Waals surface area contributed by atoms with Crippen LogP contribution in [0.5, 0.6) is 17.2 Å². The number of ether oxygens (including phenoxy) is 3. The molecule has 1 atom stereocenters. The van der Waals surface area contributed by atoms with Crippen molar-refractivity contribution in [1.29, 1.82) is 0 Å². The van der Waals surface area contributed by atoms with Crippen LogP contribution in [0.15, 0.2) is 12.1 Å². The molecule has 0 aliphatic rings. The third kappa shape index (κ3) is 4.02. The monoisotopic (exact) mass is 282 g/mol. The van der Waals surface area contributed by atoms with Gasteiger partial charge in [-0.2, -0.15) is 0 Å². The van der Waals surface area contributed by atoms with Gasteiger partial charge in [-0.05, 0) is 12.0 Å². The molecule has 1 aromatic carbocycles. The number of nitrogens with one attached hydrogen (secondary N) is 1. The molecule has 0 spiro atoms. The molecule has 1 unspecified atom stereocenters. The highest BCUT2D eigenvalue weighted by Gasteiger charge is 2.15. The van der Waals surface area contributed by atoms with Crippen LogP contribution in [0, 0.1) is 5.92 Å². The van der Waals surface area contributed by atoms with Crippen LogP contribution in [-0.4, -0.2) is 33.9 Å². The van der Waals surface area contributed by atoms with Crippen LogP contribution in [0.1, 0.15) is 19.4 Å². The molecule has 3 N–H and O–H groups in total. The Kier molecular flexibility index (Phi) is 6.61. The Bertz CT molecular complexity index is 422. The zero-order valence-corrected chi connectivity index (χ0v) is 13.0. The number of nitrogens with two attached hydrogens (primary N) is 1. The first kappa shape index (κ1) is 16.6. The summed E-state index contributed by atoms with van der Waals surface area (Å²) in [7, 11) is 4.88. The van der Waals surface area contributed by atoms with Crippen LogP contribution < -0.4 is 25.3 Å². The van der Waals surface area contributed by atoms with Crippen molar-refractivity contribution in [2.45, 2.75) is 26.4 Å². The summed E-state index contributed by atoms with van der Waals surface area (Å²) in [4.78, 5) is 0. The zero-order valence-electron chi connectivity index (χ0n) is 13.0. The maximum Gasteiger partial charge on any atom is 0.164 e. The van der Waals surface area contributed by atoms with E-state index in [0.717, 1.165) is 11.3 Å². The molecule has 1 aromatic rings. The van der Waals surface area contributed by atoms with Gasteiger partial charge >= 0.3 is 0 Å². The molecule has 1 rings (SSSR count). The van der Waals surface area contributed by atoms with Crippen LogP contribution in [0.4, 0.5) is 0 Å².